The number of allylic oxidation sites excluding steroid dienone is 2. The first-order chi connectivity index (χ1) is 55.2. The molecule has 0 radical (unpaired) electrons. The number of benzene rings is 7. The van der Waals surface area contributed by atoms with Gasteiger partial charge in [-0.15, -0.1) is 0 Å². The van der Waals surface area contributed by atoms with E-state index in [1.165, 1.54) is 111 Å². The van der Waals surface area contributed by atoms with Crippen molar-refractivity contribution in [1.82, 2.24) is 9.80 Å². The average molecular weight is 1570 g/mol. The number of hydrogen-bond donors (Lipinski definition) is 0. The Morgan fingerprint density at radius 1 is 0.431 bits per heavy atom. The highest BCUT2D eigenvalue weighted by Gasteiger charge is 2.62. The summed E-state index contributed by atoms with van der Waals surface area (Å²) in [5, 5.41) is 4.39. The maximum atomic E-state index is 15.6. The monoisotopic (exact) mass is 1570 g/mol. The summed E-state index contributed by atoms with van der Waals surface area (Å²) in [7, 11) is 0. The van der Waals surface area contributed by atoms with Gasteiger partial charge < -0.3 is 18.9 Å². The van der Waals surface area contributed by atoms with Gasteiger partial charge in [-0.3, -0.25) is 38.6 Å². The van der Waals surface area contributed by atoms with Crippen molar-refractivity contribution in [3.63, 3.8) is 0 Å². The number of nitrogens with zero attached hydrogens (tertiary/aromatic N) is 2. The van der Waals surface area contributed by atoms with Crippen LogP contribution >= 0.6 is 0 Å². The zero-order chi connectivity index (χ0) is 81.8. The summed E-state index contributed by atoms with van der Waals surface area (Å²) in [5.41, 5.74) is 6.78. The SMILES string of the molecule is CC(C)CCC[C@@H](C)[C@H]1CC[C@H]2[C@@H]3CC=C4C[C@@H](OC(=O)CCN5C(=O)c6ccc7c8c(Oc9ccc(C(C)(C)C)cc9)cc9c%10c(ccc(c%11c(Oc%12ccc(C(C)(C)C)cc%12)cc(c6c7%11)C5=O)c%108)C(=O)N(CCC(=O)O[C@H]5CC[C@@]6(C)C(=CC[C@H]7[C@@H]8CC[C@H]([C@H](C)CCCC(C)C)[C@@]8(C)CC[C@@H]76)C5)C9=O)CC[C@]4(C)[C@H]3CC[C@]12C. The molecule has 0 bridgehead atoms. The van der Waals surface area contributed by atoms with E-state index < -0.39 is 35.6 Å². The van der Waals surface area contributed by atoms with Crippen molar-refractivity contribution in [3.05, 3.63) is 142 Å². The molecule has 0 spiro atoms. The van der Waals surface area contributed by atoms with Gasteiger partial charge in [-0.1, -0.05) is 209 Å². The Bertz CT molecular complexity index is 4800. The molecule has 0 aromatic heterocycles. The van der Waals surface area contributed by atoms with Crippen LogP contribution in [0.25, 0.3) is 43.1 Å². The van der Waals surface area contributed by atoms with Crippen LogP contribution in [0.4, 0.5) is 0 Å². The van der Waals surface area contributed by atoms with E-state index in [1.807, 2.05) is 60.7 Å². The summed E-state index contributed by atoms with van der Waals surface area (Å²) in [6.07, 6.45) is 29.8. The largest absolute Gasteiger partial charge is 0.462 e. The van der Waals surface area contributed by atoms with Gasteiger partial charge in [0.05, 0.1) is 24.0 Å². The van der Waals surface area contributed by atoms with E-state index in [0.29, 0.717) is 113 Å². The molecule has 0 unspecified atom stereocenters. The fraction of sp³-hybridized carbons (Fsp3) is 0.596. The molecule has 7 aromatic carbocycles. The lowest BCUT2D eigenvalue weighted by Gasteiger charge is -2.58. The lowest BCUT2D eigenvalue weighted by atomic mass is 9.47. The van der Waals surface area contributed by atoms with Gasteiger partial charge in [0.1, 0.15) is 35.2 Å². The van der Waals surface area contributed by atoms with Gasteiger partial charge in [0.25, 0.3) is 23.6 Å². The molecule has 2 heterocycles. The van der Waals surface area contributed by atoms with Crippen LogP contribution in [0.1, 0.15) is 317 Å². The van der Waals surface area contributed by atoms with Crippen molar-refractivity contribution in [2.75, 3.05) is 13.1 Å². The third-order valence-corrected chi connectivity index (χ3v) is 33.0. The molecule has 12 nitrogen and oxygen atoms in total. The molecule has 116 heavy (non-hydrogen) atoms. The first-order valence-electron chi connectivity index (χ1n) is 45.5. The predicted octanol–water partition coefficient (Wildman–Crippen LogP) is 25.8. The molecule has 616 valence electrons. The van der Waals surface area contributed by atoms with Crippen LogP contribution in [0.15, 0.2) is 108 Å². The summed E-state index contributed by atoms with van der Waals surface area (Å²) < 4.78 is 27.0. The number of esters is 2. The second-order valence-corrected chi connectivity index (χ2v) is 42.5. The standard InChI is InChI=1S/C104H130N2O10/c1-59(2)19-17-21-61(5)79-39-41-81-71-33-27-65-55-69(43-49-101(65,13)83(71)45-51-103(79,81)15)115-87(107)47-53-105-95(109)75-37-35-73-92-86(114-68-31-25-64(26-32-68)100(10,11)12)58-78-90-76(38-36-74(94(90)92)91-85(57-77(97(105)111)89(75)93(73)91)113-67-29-23-63(24-30-67)99(7,8)9)96(110)106(98(78)112)54-48-88(108)116-70-44-50-102(14)66(56-70)28-34-72-82-42-40-80(62(6)22-18-20-60(3)4)104(82,16)52-46-84(72)102/h23-32,35-38,57-62,69-72,79-84H,17-22,33-34,39-56H2,1-16H3/t61-,62-,69+,70+,71+,72+,79-,80-,81+,82+,83+,84+,101+,102+,103-,104-/m1/s1. The van der Waals surface area contributed by atoms with Gasteiger partial charge in [-0.25, -0.2) is 0 Å². The van der Waals surface area contributed by atoms with Crippen LogP contribution in [-0.2, 0) is 29.9 Å². The van der Waals surface area contributed by atoms with Crippen LogP contribution in [0.3, 0.4) is 0 Å². The lowest BCUT2D eigenvalue weighted by Crippen LogP contribution is -2.51. The van der Waals surface area contributed by atoms with Crippen molar-refractivity contribution in [2.24, 2.45) is 92.7 Å². The number of carbonyl (C=O) groups is 6. The predicted molar refractivity (Wildman–Crippen MR) is 464 cm³/mol. The first-order valence-corrected chi connectivity index (χ1v) is 45.5. The van der Waals surface area contributed by atoms with E-state index in [-0.39, 0.29) is 82.1 Å². The number of imide groups is 2. The second-order valence-electron chi connectivity index (χ2n) is 42.5. The second kappa shape index (κ2) is 30.1. The van der Waals surface area contributed by atoms with Gasteiger partial charge in [0.2, 0.25) is 0 Å². The maximum Gasteiger partial charge on any atom is 0.307 e. The van der Waals surface area contributed by atoms with Gasteiger partial charge in [0, 0.05) is 69.4 Å². The number of rotatable bonds is 22. The highest BCUT2D eigenvalue weighted by atomic mass is 16.5. The Labute approximate surface area is 690 Å². The number of carbonyl (C=O) groups excluding carboxylic acids is 6. The molecule has 10 aliphatic rings. The van der Waals surface area contributed by atoms with E-state index in [9.17, 15) is 9.59 Å². The minimum Gasteiger partial charge on any atom is -0.462 e. The molecule has 16 atom stereocenters. The van der Waals surface area contributed by atoms with Gasteiger partial charge in [-0.05, 0) is 264 Å². The lowest BCUT2D eigenvalue weighted by molar-refractivity contribution is -0.152. The smallest absolute Gasteiger partial charge is 0.307 e. The summed E-state index contributed by atoms with van der Waals surface area (Å²) in [5.74, 6) is 7.40. The van der Waals surface area contributed by atoms with Crippen molar-refractivity contribution in [3.8, 4) is 23.0 Å². The molecule has 6 fully saturated rings. The summed E-state index contributed by atoms with van der Waals surface area (Å²) in [6, 6.07) is 26.6. The van der Waals surface area contributed by atoms with Gasteiger partial charge in [-0.2, -0.15) is 0 Å². The minimum atomic E-state index is -0.561. The molecule has 8 aliphatic carbocycles. The van der Waals surface area contributed by atoms with Crippen LogP contribution in [0.5, 0.6) is 23.0 Å². The third-order valence-electron chi connectivity index (χ3n) is 33.0. The third kappa shape index (κ3) is 13.7. The summed E-state index contributed by atoms with van der Waals surface area (Å²) in [6.45, 7) is 37.4. The van der Waals surface area contributed by atoms with Crippen molar-refractivity contribution in [1.29, 1.82) is 0 Å². The Morgan fingerprint density at radius 2 is 0.810 bits per heavy atom. The van der Waals surface area contributed by atoms with Crippen LogP contribution in [0, 0.1) is 92.7 Å². The van der Waals surface area contributed by atoms with Crippen molar-refractivity contribution in [2.45, 2.75) is 288 Å². The number of fused-ring (bicyclic) bond motifs is 12. The zero-order valence-corrected chi connectivity index (χ0v) is 72.7. The minimum absolute atomic E-state index is 0.0794. The Morgan fingerprint density at radius 3 is 1.18 bits per heavy atom. The fourth-order valence-corrected chi connectivity index (χ4v) is 26.8. The van der Waals surface area contributed by atoms with Gasteiger partial charge in [0.15, 0.2) is 0 Å². The average Bonchev–Trinajstić information content (AvgIpc) is 0.787. The normalized spacial score (nSPS) is 30.1. The Kier molecular flexibility index (Phi) is 20.9. The van der Waals surface area contributed by atoms with E-state index in [1.54, 1.807) is 24.3 Å². The van der Waals surface area contributed by atoms with Crippen LogP contribution < -0.4 is 9.47 Å². The van der Waals surface area contributed by atoms with E-state index in [2.05, 4.69) is 123 Å². The van der Waals surface area contributed by atoms with E-state index in [4.69, 9.17) is 18.9 Å². The van der Waals surface area contributed by atoms with Crippen molar-refractivity contribution < 1.29 is 47.7 Å². The fourth-order valence-electron chi connectivity index (χ4n) is 26.8. The highest BCUT2D eigenvalue weighted by molar-refractivity contribution is 6.43. The number of hydrogen-bond acceptors (Lipinski definition) is 10. The molecule has 2 aliphatic heterocycles. The van der Waals surface area contributed by atoms with Crippen LogP contribution in [0.2, 0.25) is 0 Å². The first kappa shape index (κ1) is 80.6. The van der Waals surface area contributed by atoms with E-state index in [0.717, 1.165) is 97.0 Å². The zero-order valence-electron chi connectivity index (χ0n) is 72.7. The molecule has 6 saturated carbocycles. The van der Waals surface area contributed by atoms with E-state index >= 15 is 19.2 Å². The number of ether oxygens (including phenoxy) is 4. The molecule has 12 heteroatoms. The topological polar surface area (TPSA) is 146 Å². The molecular weight excluding hydrogens is 1440 g/mol. The molecule has 0 saturated heterocycles. The summed E-state index contributed by atoms with van der Waals surface area (Å²) in [4.78, 5) is 93.1. The van der Waals surface area contributed by atoms with Gasteiger partial charge >= 0.3 is 11.9 Å². The van der Waals surface area contributed by atoms with Crippen LogP contribution in [-0.4, -0.2) is 70.7 Å². The maximum absolute atomic E-state index is 15.6. The molecular formula is C104H130N2O10. The molecule has 4 amide bonds. The highest BCUT2D eigenvalue weighted by Crippen LogP contribution is 2.70. The molecule has 0 N–H and O–H groups in total. The molecule has 17 rings (SSSR count). The summed E-state index contributed by atoms with van der Waals surface area (Å²) >= 11 is 0. The molecule has 7 aromatic rings. The Hall–Kier alpha value is -7.86. The van der Waals surface area contributed by atoms with Crippen molar-refractivity contribution >= 4 is 78.7 Å². The number of amides is 4. The quantitative estimate of drug-likeness (QED) is 0.0211. The Balaban J connectivity index is 0.644.